The highest BCUT2D eigenvalue weighted by Gasteiger charge is 2.11. The summed E-state index contributed by atoms with van der Waals surface area (Å²) in [4.78, 5) is 23.3. The molecule has 0 aliphatic carbocycles. The smallest absolute Gasteiger partial charge is 0.322 e. The number of carbonyl (C=O) groups excluding carboxylic acids is 1. The van der Waals surface area contributed by atoms with E-state index in [-0.39, 0.29) is 11.7 Å². The molecule has 1 amide bonds. The summed E-state index contributed by atoms with van der Waals surface area (Å²) in [6, 6.07) is 13.6. The predicted molar refractivity (Wildman–Crippen MR) is 111 cm³/mol. The van der Waals surface area contributed by atoms with Gasteiger partial charge in [0.2, 0.25) is 5.89 Å². The average Bonchev–Trinajstić information content (AvgIpc) is 3.15. The summed E-state index contributed by atoms with van der Waals surface area (Å²) < 4.78 is 5.52. The fraction of sp³-hybridized carbons (Fsp3) is 0.150. The molecule has 3 rings (SSSR count). The minimum absolute atomic E-state index is 0.0131. The highest BCUT2D eigenvalue weighted by atomic mass is 32.2. The Labute approximate surface area is 171 Å². The van der Waals surface area contributed by atoms with E-state index in [1.807, 2.05) is 24.3 Å². The van der Waals surface area contributed by atoms with Crippen molar-refractivity contribution in [1.82, 2.24) is 10.2 Å². The molecule has 1 aromatic heterocycles. The lowest BCUT2D eigenvalue weighted by Gasteiger charge is -2.05. The van der Waals surface area contributed by atoms with E-state index in [0.29, 0.717) is 16.7 Å². The molecule has 9 heteroatoms. The van der Waals surface area contributed by atoms with Crippen LogP contribution in [-0.4, -0.2) is 26.3 Å². The van der Waals surface area contributed by atoms with Gasteiger partial charge in [-0.2, -0.15) is 0 Å². The third-order valence-electron chi connectivity index (χ3n) is 3.64. The van der Waals surface area contributed by atoms with E-state index in [1.165, 1.54) is 24.3 Å². The summed E-state index contributed by atoms with van der Waals surface area (Å²) in [5.74, 6) is -0.145. The lowest BCUT2D eigenvalue weighted by Crippen LogP contribution is -2.07. The van der Waals surface area contributed by atoms with Crippen molar-refractivity contribution in [2.45, 2.75) is 24.0 Å². The maximum Gasteiger partial charge on any atom is 0.322 e. The molecule has 1 N–H and O–H groups in total. The van der Waals surface area contributed by atoms with Crippen molar-refractivity contribution < 1.29 is 14.1 Å². The van der Waals surface area contributed by atoms with Crippen LogP contribution in [0.1, 0.15) is 19.4 Å². The molecule has 0 spiro atoms. The summed E-state index contributed by atoms with van der Waals surface area (Å²) >= 11 is 1.73. The van der Waals surface area contributed by atoms with E-state index in [9.17, 15) is 14.9 Å². The van der Waals surface area contributed by atoms with Crippen LogP contribution in [-0.2, 0) is 4.79 Å². The number of non-ortho nitro benzene ring substituents is 1. The van der Waals surface area contributed by atoms with Gasteiger partial charge in [0.1, 0.15) is 0 Å². The standard InChI is InChI=1S/C20H18N4O4S/c1-13(2)29-17-5-3-4-15(12-17)19-22-23-20(28-19)21-18(25)11-8-14-6-9-16(10-7-14)24(26)27/h3-13H,1-2H3,(H,21,23,25)/b11-8-. The van der Waals surface area contributed by atoms with E-state index in [4.69, 9.17) is 4.42 Å². The molecule has 0 atom stereocenters. The number of amides is 1. The van der Waals surface area contributed by atoms with Gasteiger partial charge >= 0.3 is 6.01 Å². The molecular formula is C20H18N4O4S. The molecule has 2 aromatic carbocycles. The SMILES string of the molecule is CC(C)Sc1cccc(-c2nnc(NC(=O)/C=C\c3ccc([N+](=O)[O-])cc3)o2)c1. The third-order valence-corrected chi connectivity index (χ3v) is 4.64. The summed E-state index contributed by atoms with van der Waals surface area (Å²) in [5.41, 5.74) is 1.40. The van der Waals surface area contributed by atoms with Gasteiger partial charge in [-0.1, -0.05) is 25.0 Å². The minimum atomic E-state index is -0.482. The zero-order chi connectivity index (χ0) is 20.8. The van der Waals surface area contributed by atoms with Gasteiger partial charge in [0, 0.05) is 33.9 Å². The highest BCUT2D eigenvalue weighted by Crippen LogP contribution is 2.28. The Morgan fingerprint density at radius 1 is 1.21 bits per heavy atom. The minimum Gasteiger partial charge on any atom is -0.403 e. The van der Waals surface area contributed by atoms with Crippen LogP contribution in [0.25, 0.3) is 17.5 Å². The largest absolute Gasteiger partial charge is 0.403 e. The zero-order valence-corrected chi connectivity index (χ0v) is 16.6. The number of aromatic nitrogens is 2. The van der Waals surface area contributed by atoms with E-state index in [1.54, 1.807) is 23.9 Å². The van der Waals surface area contributed by atoms with E-state index < -0.39 is 10.8 Å². The van der Waals surface area contributed by atoms with Gasteiger partial charge in [-0.05, 0) is 42.0 Å². The molecular weight excluding hydrogens is 392 g/mol. The number of rotatable bonds is 7. The second-order valence-electron chi connectivity index (χ2n) is 6.28. The monoisotopic (exact) mass is 410 g/mol. The lowest BCUT2D eigenvalue weighted by molar-refractivity contribution is -0.384. The van der Waals surface area contributed by atoms with Crippen LogP contribution in [0, 0.1) is 10.1 Å². The first-order valence-corrected chi connectivity index (χ1v) is 9.63. The van der Waals surface area contributed by atoms with Crippen LogP contribution < -0.4 is 5.32 Å². The van der Waals surface area contributed by atoms with Gasteiger partial charge < -0.3 is 4.42 Å². The van der Waals surface area contributed by atoms with Gasteiger partial charge in [-0.15, -0.1) is 16.9 Å². The molecule has 0 saturated heterocycles. The first-order chi connectivity index (χ1) is 13.9. The molecule has 3 aromatic rings. The molecule has 1 heterocycles. The Balaban J connectivity index is 1.63. The van der Waals surface area contributed by atoms with E-state index >= 15 is 0 Å². The Hall–Kier alpha value is -3.46. The van der Waals surface area contributed by atoms with Crippen molar-refractivity contribution in [3.8, 4) is 11.5 Å². The second kappa shape index (κ2) is 9.16. The highest BCUT2D eigenvalue weighted by molar-refractivity contribution is 7.99. The number of nitro benzene ring substituents is 1. The van der Waals surface area contributed by atoms with Crippen LogP contribution in [0.4, 0.5) is 11.7 Å². The maximum absolute atomic E-state index is 12.0. The Kier molecular flexibility index (Phi) is 6.40. The average molecular weight is 410 g/mol. The molecule has 0 saturated carbocycles. The fourth-order valence-corrected chi connectivity index (χ4v) is 3.29. The molecule has 0 aliphatic rings. The molecule has 148 valence electrons. The van der Waals surface area contributed by atoms with Crippen molar-refractivity contribution in [2.24, 2.45) is 0 Å². The van der Waals surface area contributed by atoms with Crippen molar-refractivity contribution in [2.75, 3.05) is 5.32 Å². The quantitative estimate of drug-likeness (QED) is 0.258. The number of nitrogens with one attached hydrogen (secondary N) is 1. The topological polar surface area (TPSA) is 111 Å². The van der Waals surface area contributed by atoms with Crippen LogP contribution >= 0.6 is 11.8 Å². The molecule has 0 unspecified atom stereocenters. The van der Waals surface area contributed by atoms with Crippen molar-refractivity contribution in [3.63, 3.8) is 0 Å². The summed E-state index contributed by atoms with van der Waals surface area (Å²) in [6.45, 7) is 4.23. The number of nitro groups is 1. The van der Waals surface area contributed by atoms with Gasteiger partial charge in [0.05, 0.1) is 4.92 Å². The maximum atomic E-state index is 12.0. The molecule has 0 bridgehead atoms. The Morgan fingerprint density at radius 2 is 1.97 bits per heavy atom. The van der Waals surface area contributed by atoms with Gasteiger partial charge in [-0.3, -0.25) is 20.2 Å². The van der Waals surface area contributed by atoms with Gasteiger partial charge in [0.15, 0.2) is 0 Å². The van der Waals surface area contributed by atoms with Crippen LogP contribution in [0.3, 0.4) is 0 Å². The number of anilines is 1. The van der Waals surface area contributed by atoms with Crippen molar-refractivity contribution in [3.05, 3.63) is 70.3 Å². The van der Waals surface area contributed by atoms with Crippen molar-refractivity contribution in [1.29, 1.82) is 0 Å². The number of benzene rings is 2. The third kappa shape index (κ3) is 5.76. The number of hydrogen-bond acceptors (Lipinski definition) is 7. The van der Waals surface area contributed by atoms with E-state index in [0.717, 1.165) is 10.5 Å². The predicted octanol–water partition coefficient (Wildman–Crippen LogP) is 4.80. The number of nitrogens with zero attached hydrogens (tertiary/aromatic N) is 3. The molecule has 0 aliphatic heterocycles. The Bertz CT molecular complexity index is 1040. The normalized spacial score (nSPS) is 11.1. The molecule has 29 heavy (non-hydrogen) atoms. The molecule has 0 fully saturated rings. The fourth-order valence-electron chi connectivity index (χ4n) is 2.39. The lowest BCUT2D eigenvalue weighted by atomic mass is 10.2. The van der Waals surface area contributed by atoms with Crippen molar-refractivity contribution >= 4 is 35.4 Å². The van der Waals surface area contributed by atoms with E-state index in [2.05, 4.69) is 29.4 Å². The van der Waals surface area contributed by atoms with Gasteiger partial charge in [-0.25, -0.2) is 0 Å². The van der Waals surface area contributed by atoms with Crippen LogP contribution in [0.2, 0.25) is 0 Å². The summed E-state index contributed by atoms with van der Waals surface area (Å²) in [6.07, 6.45) is 2.81. The van der Waals surface area contributed by atoms with Gasteiger partial charge in [0.25, 0.3) is 11.6 Å². The summed E-state index contributed by atoms with van der Waals surface area (Å²) in [5, 5.41) is 21.4. The zero-order valence-electron chi connectivity index (χ0n) is 15.7. The number of thioether (sulfide) groups is 1. The van der Waals surface area contributed by atoms with Crippen LogP contribution in [0.15, 0.2) is 63.9 Å². The van der Waals surface area contributed by atoms with Crippen LogP contribution in [0.5, 0.6) is 0 Å². The number of hydrogen-bond donors (Lipinski definition) is 1. The summed E-state index contributed by atoms with van der Waals surface area (Å²) in [7, 11) is 0. The molecule has 0 radical (unpaired) electrons. The first kappa shape index (κ1) is 20.3. The second-order valence-corrected chi connectivity index (χ2v) is 7.93. The molecule has 8 nitrogen and oxygen atoms in total. The number of carbonyl (C=O) groups is 1. The first-order valence-electron chi connectivity index (χ1n) is 8.75. The Morgan fingerprint density at radius 3 is 2.66 bits per heavy atom.